The number of aromatic nitrogens is 4. The van der Waals surface area contributed by atoms with Crippen LogP contribution in [0.5, 0.6) is 0 Å². The van der Waals surface area contributed by atoms with Crippen LogP contribution >= 0.6 is 11.3 Å². The SMILES string of the molecule is CC(=O)c1ccc(CNC(=O)c2csc(CCNCc3nc4ccccc4[nH]3)n2)cn1. The van der Waals surface area contributed by atoms with Crippen molar-refractivity contribution >= 4 is 34.1 Å². The predicted molar refractivity (Wildman–Crippen MR) is 119 cm³/mol. The summed E-state index contributed by atoms with van der Waals surface area (Å²) in [6.45, 7) is 3.18. The van der Waals surface area contributed by atoms with Crippen LogP contribution in [-0.4, -0.2) is 38.2 Å². The number of thiazole rings is 1. The molecule has 0 unspecified atom stereocenters. The Morgan fingerprint density at radius 1 is 1.06 bits per heavy atom. The number of nitrogens with zero attached hydrogens (tertiary/aromatic N) is 3. The first kappa shape index (κ1) is 20.8. The third kappa shape index (κ3) is 5.39. The van der Waals surface area contributed by atoms with E-state index >= 15 is 0 Å². The van der Waals surface area contributed by atoms with Gasteiger partial charge in [0.15, 0.2) is 5.78 Å². The zero-order chi connectivity index (χ0) is 21.6. The van der Waals surface area contributed by atoms with Crippen molar-refractivity contribution in [2.75, 3.05) is 6.54 Å². The number of Topliss-reactive ketones (excluding diaryl/α,β-unsaturated/α-hetero) is 1. The maximum atomic E-state index is 12.3. The summed E-state index contributed by atoms with van der Waals surface area (Å²) in [5.41, 5.74) is 3.63. The van der Waals surface area contributed by atoms with E-state index in [9.17, 15) is 9.59 Å². The number of hydrogen-bond donors (Lipinski definition) is 3. The molecule has 4 aromatic rings. The van der Waals surface area contributed by atoms with Gasteiger partial charge in [-0.25, -0.2) is 9.97 Å². The zero-order valence-corrected chi connectivity index (χ0v) is 17.8. The van der Waals surface area contributed by atoms with Crippen molar-refractivity contribution in [3.05, 3.63) is 75.8 Å². The Bertz CT molecular complexity index is 1170. The van der Waals surface area contributed by atoms with Crippen molar-refractivity contribution in [2.45, 2.75) is 26.4 Å². The zero-order valence-electron chi connectivity index (χ0n) is 17.0. The number of benzene rings is 1. The van der Waals surface area contributed by atoms with E-state index in [2.05, 4.69) is 30.6 Å². The second kappa shape index (κ2) is 9.59. The number of imidazole rings is 1. The van der Waals surface area contributed by atoms with E-state index < -0.39 is 0 Å². The van der Waals surface area contributed by atoms with Crippen molar-refractivity contribution in [1.29, 1.82) is 0 Å². The lowest BCUT2D eigenvalue weighted by atomic mass is 10.2. The third-order valence-electron chi connectivity index (χ3n) is 4.67. The fourth-order valence-corrected chi connectivity index (χ4v) is 3.81. The van der Waals surface area contributed by atoms with Crippen molar-refractivity contribution < 1.29 is 9.59 Å². The van der Waals surface area contributed by atoms with E-state index in [1.165, 1.54) is 18.3 Å². The number of H-pyrrole nitrogens is 1. The molecule has 0 aliphatic carbocycles. The van der Waals surface area contributed by atoms with Crippen LogP contribution in [-0.2, 0) is 19.5 Å². The van der Waals surface area contributed by atoms with Gasteiger partial charge in [-0.2, -0.15) is 0 Å². The minimum atomic E-state index is -0.228. The molecular weight excluding hydrogens is 412 g/mol. The maximum Gasteiger partial charge on any atom is 0.271 e. The van der Waals surface area contributed by atoms with E-state index in [1.54, 1.807) is 23.7 Å². The minimum absolute atomic E-state index is 0.0855. The number of hydrogen-bond acceptors (Lipinski definition) is 7. The molecule has 1 amide bonds. The lowest BCUT2D eigenvalue weighted by molar-refractivity contribution is 0.0945. The molecule has 0 spiro atoms. The molecule has 0 saturated heterocycles. The molecule has 3 N–H and O–H groups in total. The average Bonchev–Trinajstić information content (AvgIpc) is 3.42. The van der Waals surface area contributed by atoms with E-state index in [1.807, 2.05) is 24.3 Å². The van der Waals surface area contributed by atoms with Crippen LogP contribution in [0.15, 0.2) is 48.0 Å². The van der Waals surface area contributed by atoms with Crippen LogP contribution in [0, 0.1) is 0 Å². The van der Waals surface area contributed by atoms with Crippen molar-refractivity contribution in [3.63, 3.8) is 0 Å². The molecule has 3 heterocycles. The molecule has 8 nitrogen and oxygen atoms in total. The molecule has 0 saturated carbocycles. The summed E-state index contributed by atoms with van der Waals surface area (Å²) in [5, 5.41) is 8.84. The molecule has 0 bridgehead atoms. The molecule has 3 aromatic heterocycles. The molecular formula is C22H22N6O2S. The van der Waals surface area contributed by atoms with Gasteiger partial charge in [-0.1, -0.05) is 18.2 Å². The standard InChI is InChI=1S/C22H22N6O2S/c1-14(29)16-7-6-15(10-24-16)11-25-22(30)19-13-31-21(28-19)8-9-23-12-20-26-17-4-2-3-5-18(17)27-20/h2-7,10,13,23H,8-9,11-12H2,1H3,(H,25,30)(H,26,27). The van der Waals surface area contributed by atoms with E-state index in [0.717, 1.165) is 40.4 Å². The van der Waals surface area contributed by atoms with Gasteiger partial charge in [0.2, 0.25) is 0 Å². The minimum Gasteiger partial charge on any atom is -0.347 e. The Balaban J connectivity index is 1.22. The van der Waals surface area contributed by atoms with Crippen LogP contribution in [0.25, 0.3) is 11.0 Å². The summed E-state index contributed by atoms with van der Waals surface area (Å²) in [4.78, 5) is 39.9. The molecule has 0 aliphatic rings. The highest BCUT2D eigenvalue weighted by atomic mass is 32.1. The Kier molecular flexibility index (Phi) is 6.44. The van der Waals surface area contributed by atoms with Crippen LogP contribution in [0.4, 0.5) is 0 Å². The normalized spacial score (nSPS) is 11.0. The number of amides is 1. The summed E-state index contributed by atoms with van der Waals surface area (Å²) >= 11 is 1.47. The monoisotopic (exact) mass is 434 g/mol. The molecule has 0 radical (unpaired) electrons. The summed E-state index contributed by atoms with van der Waals surface area (Å²) in [6, 6.07) is 11.4. The van der Waals surface area contributed by atoms with E-state index in [4.69, 9.17) is 0 Å². The molecule has 0 aliphatic heterocycles. The molecule has 0 fully saturated rings. The van der Waals surface area contributed by atoms with Crippen molar-refractivity contribution in [2.24, 2.45) is 0 Å². The molecule has 4 rings (SSSR count). The number of rotatable bonds is 9. The quantitative estimate of drug-likeness (QED) is 0.276. The number of carbonyl (C=O) groups is 2. The average molecular weight is 435 g/mol. The largest absolute Gasteiger partial charge is 0.347 e. The number of aromatic amines is 1. The van der Waals surface area contributed by atoms with Gasteiger partial charge in [0.1, 0.15) is 17.2 Å². The van der Waals surface area contributed by atoms with Gasteiger partial charge in [0, 0.05) is 38.0 Å². The maximum absolute atomic E-state index is 12.3. The van der Waals surface area contributed by atoms with Gasteiger partial charge in [-0.3, -0.25) is 14.6 Å². The summed E-state index contributed by atoms with van der Waals surface area (Å²) in [5.74, 6) is 0.581. The van der Waals surface area contributed by atoms with Gasteiger partial charge in [0.25, 0.3) is 5.91 Å². The highest BCUT2D eigenvalue weighted by molar-refractivity contribution is 7.09. The Morgan fingerprint density at radius 3 is 2.71 bits per heavy atom. The number of pyridine rings is 1. The van der Waals surface area contributed by atoms with Crippen LogP contribution < -0.4 is 10.6 Å². The van der Waals surface area contributed by atoms with Gasteiger partial charge in [-0.05, 0) is 23.8 Å². The topological polar surface area (TPSA) is 113 Å². The second-order valence-corrected chi connectivity index (χ2v) is 7.99. The summed E-state index contributed by atoms with van der Waals surface area (Å²) in [7, 11) is 0. The number of para-hydroxylation sites is 2. The summed E-state index contributed by atoms with van der Waals surface area (Å²) < 4.78 is 0. The van der Waals surface area contributed by atoms with Crippen molar-refractivity contribution in [3.8, 4) is 0 Å². The summed E-state index contributed by atoms with van der Waals surface area (Å²) in [6.07, 6.45) is 2.33. The Labute approximate surface area is 183 Å². The first-order valence-corrected chi connectivity index (χ1v) is 10.8. The molecule has 31 heavy (non-hydrogen) atoms. The Hall–Kier alpha value is -3.43. The predicted octanol–water partition coefficient (Wildman–Crippen LogP) is 2.88. The van der Waals surface area contributed by atoms with Crippen LogP contribution in [0.2, 0.25) is 0 Å². The molecule has 158 valence electrons. The van der Waals surface area contributed by atoms with Gasteiger partial charge in [0.05, 0.1) is 22.6 Å². The fourth-order valence-electron chi connectivity index (χ4n) is 3.03. The van der Waals surface area contributed by atoms with Gasteiger partial charge in [-0.15, -0.1) is 11.3 Å². The van der Waals surface area contributed by atoms with Gasteiger partial charge < -0.3 is 15.6 Å². The molecule has 1 aromatic carbocycles. The number of carbonyl (C=O) groups excluding carboxylic acids is 2. The van der Waals surface area contributed by atoms with Crippen LogP contribution in [0.1, 0.15) is 44.3 Å². The first-order chi connectivity index (χ1) is 15.1. The fraction of sp³-hybridized carbons (Fsp3) is 0.227. The number of nitrogens with one attached hydrogen (secondary N) is 3. The first-order valence-electron chi connectivity index (χ1n) is 9.91. The smallest absolute Gasteiger partial charge is 0.271 e. The number of ketones is 1. The highest BCUT2D eigenvalue weighted by Gasteiger charge is 2.11. The van der Waals surface area contributed by atoms with Crippen molar-refractivity contribution in [1.82, 2.24) is 30.6 Å². The highest BCUT2D eigenvalue weighted by Crippen LogP contribution is 2.12. The van der Waals surface area contributed by atoms with Crippen LogP contribution in [0.3, 0.4) is 0 Å². The Morgan fingerprint density at radius 2 is 1.94 bits per heavy atom. The lowest BCUT2D eigenvalue weighted by Gasteiger charge is -2.04. The third-order valence-corrected chi connectivity index (χ3v) is 5.58. The number of fused-ring (bicyclic) bond motifs is 1. The molecule has 0 atom stereocenters. The second-order valence-electron chi connectivity index (χ2n) is 7.04. The van der Waals surface area contributed by atoms with E-state index in [0.29, 0.717) is 24.5 Å². The molecule has 9 heteroatoms. The van der Waals surface area contributed by atoms with Gasteiger partial charge >= 0.3 is 0 Å². The lowest BCUT2D eigenvalue weighted by Crippen LogP contribution is -2.23. The van der Waals surface area contributed by atoms with E-state index in [-0.39, 0.29) is 11.7 Å².